The zero-order valence-electron chi connectivity index (χ0n) is 17.7. The number of aromatic nitrogens is 2. The lowest BCUT2D eigenvalue weighted by atomic mass is 10.1. The third-order valence-corrected chi connectivity index (χ3v) is 4.59. The van der Waals surface area contributed by atoms with Crippen LogP contribution >= 0.6 is 0 Å². The second kappa shape index (κ2) is 11.9. The molecule has 1 N–H and O–H groups in total. The van der Waals surface area contributed by atoms with Crippen molar-refractivity contribution >= 4 is 5.91 Å². The van der Waals surface area contributed by atoms with E-state index in [4.69, 9.17) is 18.7 Å². The van der Waals surface area contributed by atoms with Gasteiger partial charge in [-0.05, 0) is 18.6 Å². The quantitative estimate of drug-likeness (QED) is 0.501. The Morgan fingerprint density at radius 2 is 1.66 bits per heavy atom. The summed E-state index contributed by atoms with van der Waals surface area (Å²) in [5, 5.41) is 6.81. The van der Waals surface area contributed by atoms with Crippen LogP contribution in [0.5, 0.6) is 17.2 Å². The molecular formula is C21H31N3O5. The van der Waals surface area contributed by atoms with E-state index < -0.39 is 0 Å². The van der Waals surface area contributed by atoms with Crippen LogP contribution in [0.3, 0.4) is 0 Å². The van der Waals surface area contributed by atoms with Crippen molar-refractivity contribution in [1.29, 1.82) is 0 Å². The average Bonchev–Trinajstić information content (AvgIpc) is 3.22. The number of nitrogens with zero attached hydrogens (tertiary/aromatic N) is 2. The predicted molar refractivity (Wildman–Crippen MR) is 109 cm³/mol. The maximum Gasteiger partial charge on any atom is 0.246 e. The van der Waals surface area contributed by atoms with Crippen molar-refractivity contribution < 1.29 is 23.5 Å². The summed E-state index contributed by atoms with van der Waals surface area (Å²) < 4.78 is 21.3. The van der Waals surface area contributed by atoms with Crippen molar-refractivity contribution in [1.82, 2.24) is 15.5 Å². The van der Waals surface area contributed by atoms with Crippen LogP contribution in [-0.2, 0) is 11.3 Å². The maximum absolute atomic E-state index is 12.0. The Morgan fingerprint density at radius 1 is 1.00 bits per heavy atom. The van der Waals surface area contributed by atoms with E-state index in [1.165, 1.54) is 25.7 Å². The molecule has 0 spiro atoms. The van der Waals surface area contributed by atoms with Crippen LogP contribution in [0.25, 0.3) is 11.4 Å². The number of hydrogen-bond acceptors (Lipinski definition) is 7. The first kappa shape index (κ1) is 22.5. The van der Waals surface area contributed by atoms with Gasteiger partial charge in [0.15, 0.2) is 11.5 Å². The van der Waals surface area contributed by atoms with Gasteiger partial charge in [0.2, 0.25) is 23.4 Å². The highest BCUT2D eigenvalue weighted by atomic mass is 16.5. The summed E-state index contributed by atoms with van der Waals surface area (Å²) in [6.45, 7) is 2.39. The molecule has 0 fully saturated rings. The molecule has 8 nitrogen and oxygen atoms in total. The average molecular weight is 405 g/mol. The van der Waals surface area contributed by atoms with E-state index in [1.807, 2.05) is 0 Å². The Labute approximate surface area is 171 Å². The van der Waals surface area contributed by atoms with Gasteiger partial charge in [-0.1, -0.05) is 44.2 Å². The number of ether oxygens (including phenoxy) is 3. The number of carbonyl (C=O) groups is 1. The van der Waals surface area contributed by atoms with Crippen molar-refractivity contribution in [2.45, 2.75) is 58.4 Å². The van der Waals surface area contributed by atoms with Gasteiger partial charge in [0.1, 0.15) is 0 Å². The van der Waals surface area contributed by atoms with Crippen molar-refractivity contribution in [2.24, 2.45) is 0 Å². The molecule has 0 saturated carbocycles. The first-order valence-corrected chi connectivity index (χ1v) is 10.0. The largest absolute Gasteiger partial charge is 0.493 e. The molecule has 1 amide bonds. The predicted octanol–water partition coefficient (Wildman–Crippen LogP) is 4.13. The van der Waals surface area contributed by atoms with Crippen molar-refractivity contribution in [3.8, 4) is 28.6 Å². The van der Waals surface area contributed by atoms with Gasteiger partial charge in [-0.25, -0.2) is 0 Å². The first-order chi connectivity index (χ1) is 14.1. The van der Waals surface area contributed by atoms with E-state index in [0.717, 1.165) is 12.8 Å². The van der Waals surface area contributed by atoms with E-state index in [0.29, 0.717) is 40.9 Å². The second-order valence-corrected chi connectivity index (χ2v) is 6.72. The molecule has 0 unspecified atom stereocenters. The lowest BCUT2D eigenvalue weighted by Crippen LogP contribution is -2.22. The normalized spacial score (nSPS) is 10.6. The van der Waals surface area contributed by atoms with Crippen LogP contribution in [0.4, 0.5) is 0 Å². The van der Waals surface area contributed by atoms with E-state index in [2.05, 4.69) is 22.4 Å². The van der Waals surface area contributed by atoms with Gasteiger partial charge in [-0.3, -0.25) is 4.79 Å². The molecule has 2 aromatic rings. The minimum Gasteiger partial charge on any atom is -0.493 e. The van der Waals surface area contributed by atoms with E-state index >= 15 is 0 Å². The molecule has 2 rings (SSSR count). The molecular weight excluding hydrogens is 374 g/mol. The fourth-order valence-corrected chi connectivity index (χ4v) is 2.98. The van der Waals surface area contributed by atoms with Crippen molar-refractivity contribution in [3.05, 3.63) is 18.0 Å². The number of carbonyl (C=O) groups excluding carboxylic acids is 1. The summed E-state index contributed by atoms with van der Waals surface area (Å²) in [6.07, 6.45) is 7.41. The molecule has 1 aromatic carbocycles. The minimum absolute atomic E-state index is 0.00646. The Morgan fingerprint density at radius 3 is 2.28 bits per heavy atom. The molecule has 1 heterocycles. The van der Waals surface area contributed by atoms with Crippen molar-refractivity contribution in [3.63, 3.8) is 0 Å². The fourth-order valence-electron chi connectivity index (χ4n) is 2.98. The minimum atomic E-state index is -0.00646. The third kappa shape index (κ3) is 6.66. The summed E-state index contributed by atoms with van der Waals surface area (Å²) in [4.78, 5) is 16.3. The van der Waals surface area contributed by atoms with E-state index in [-0.39, 0.29) is 12.5 Å². The molecule has 0 radical (unpaired) electrons. The summed E-state index contributed by atoms with van der Waals surface area (Å²) in [5.74, 6) is 2.20. The maximum atomic E-state index is 12.0. The van der Waals surface area contributed by atoms with Crippen LogP contribution in [0, 0.1) is 0 Å². The molecule has 0 aliphatic rings. The van der Waals surface area contributed by atoms with Crippen LogP contribution in [0.2, 0.25) is 0 Å². The number of nitrogens with one attached hydrogen (secondary N) is 1. The molecule has 0 aliphatic heterocycles. The Kier molecular flexibility index (Phi) is 9.27. The SMILES string of the molecule is CCCCCCCCC(=O)NCc1nc(-c2cc(OC)c(OC)c(OC)c2)no1. The number of benzene rings is 1. The number of unbranched alkanes of at least 4 members (excludes halogenated alkanes) is 5. The lowest BCUT2D eigenvalue weighted by molar-refractivity contribution is -0.121. The highest BCUT2D eigenvalue weighted by molar-refractivity contribution is 5.75. The fraction of sp³-hybridized carbons (Fsp3) is 0.571. The number of hydrogen-bond donors (Lipinski definition) is 1. The zero-order chi connectivity index (χ0) is 21.1. The highest BCUT2D eigenvalue weighted by Gasteiger charge is 2.17. The monoisotopic (exact) mass is 405 g/mol. The molecule has 0 saturated heterocycles. The van der Waals surface area contributed by atoms with Crippen LogP contribution < -0.4 is 19.5 Å². The third-order valence-electron chi connectivity index (χ3n) is 4.59. The van der Waals surface area contributed by atoms with Crippen molar-refractivity contribution in [2.75, 3.05) is 21.3 Å². The molecule has 8 heteroatoms. The smallest absolute Gasteiger partial charge is 0.246 e. The Balaban J connectivity index is 1.90. The second-order valence-electron chi connectivity index (χ2n) is 6.72. The topological polar surface area (TPSA) is 95.7 Å². The van der Waals surface area contributed by atoms with Gasteiger partial charge >= 0.3 is 0 Å². The van der Waals surface area contributed by atoms with Gasteiger partial charge < -0.3 is 24.1 Å². The molecule has 0 bridgehead atoms. The van der Waals surface area contributed by atoms with Crippen LogP contribution in [-0.4, -0.2) is 37.4 Å². The molecule has 0 aliphatic carbocycles. The lowest BCUT2D eigenvalue weighted by Gasteiger charge is -2.12. The number of methoxy groups -OCH3 is 3. The summed E-state index contributed by atoms with van der Waals surface area (Å²) >= 11 is 0. The highest BCUT2D eigenvalue weighted by Crippen LogP contribution is 2.40. The standard InChI is InChI=1S/C21H31N3O5/c1-5-6-7-8-9-10-11-18(25)22-14-19-23-21(24-29-19)15-12-16(26-2)20(28-4)17(13-15)27-3/h12-13H,5-11,14H2,1-4H3,(H,22,25). The van der Waals surface area contributed by atoms with E-state index in [9.17, 15) is 4.79 Å². The Hall–Kier alpha value is -2.77. The Bertz CT molecular complexity index is 750. The number of amides is 1. The summed E-state index contributed by atoms with van der Waals surface area (Å²) in [6, 6.07) is 3.49. The molecule has 0 atom stereocenters. The van der Waals surface area contributed by atoms with Gasteiger partial charge in [-0.2, -0.15) is 4.98 Å². The van der Waals surface area contributed by atoms with Crippen LogP contribution in [0.15, 0.2) is 16.7 Å². The molecule has 29 heavy (non-hydrogen) atoms. The molecule has 160 valence electrons. The molecule has 1 aromatic heterocycles. The number of rotatable bonds is 13. The zero-order valence-corrected chi connectivity index (χ0v) is 17.7. The van der Waals surface area contributed by atoms with Gasteiger partial charge in [0.25, 0.3) is 0 Å². The van der Waals surface area contributed by atoms with Crippen LogP contribution in [0.1, 0.15) is 57.8 Å². The van der Waals surface area contributed by atoms with Gasteiger partial charge in [0.05, 0.1) is 27.9 Å². The summed E-state index contributed by atoms with van der Waals surface area (Å²) in [5.41, 5.74) is 0.660. The summed E-state index contributed by atoms with van der Waals surface area (Å²) in [7, 11) is 4.63. The first-order valence-electron chi connectivity index (χ1n) is 10.0. The van der Waals surface area contributed by atoms with Gasteiger partial charge in [-0.15, -0.1) is 0 Å². The van der Waals surface area contributed by atoms with Gasteiger partial charge in [0, 0.05) is 12.0 Å². The van der Waals surface area contributed by atoms with E-state index in [1.54, 1.807) is 33.5 Å².